The minimum Gasteiger partial charge on any atom is -0.507 e. The Morgan fingerprint density at radius 2 is 0.930 bits per heavy atom. The molecule has 0 radical (unpaired) electrons. The number of hydrogen-bond donors (Lipinski definition) is 4. The van der Waals surface area contributed by atoms with Crippen molar-refractivity contribution in [1.82, 2.24) is 9.80 Å². The zero-order valence-electron chi connectivity index (χ0n) is 32.7. The third-order valence-corrected chi connectivity index (χ3v) is 11.1. The summed E-state index contributed by atoms with van der Waals surface area (Å²) in [6.07, 6.45) is 0.422. The molecule has 4 unspecified atom stereocenters. The van der Waals surface area contributed by atoms with Gasteiger partial charge in [-0.25, -0.2) is 9.59 Å². The van der Waals surface area contributed by atoms with Gasteiger partial charge < -0.3 is 29.9 Å². The van der Waals surface area contributed by atoms with Crippen molar-refractivity contribution in [2.45, 2.75) is 44.6 Å². The summed E-state index contributed by atoms with van der Waals surface area (Å²) in [5, 5.41) is 42.8. The maximum absolute atomic E-state index is 11.6. The first-order valence-corrected chi connectivity index (χ1v) is 19.1. The summed E-state index contributed by atoms with van der Waals surface area (Å²) < 4.78 is 11.6. The van der Waals surface area contributed by atoms with Crippen molar-refractivity contribution in [3.63, 3.8) is 0 Å². The maximum atomic E-state index is 11.6. The average Bonchev–Trinajstić information content (AvgIpc) is 3.22. The molecule has 0 saturated carbocycles. The monoisotopic (exact) mass is 770 g/mol. The zero-order chi connectivity index (χ0) is 40.6. The van der Waals surface area contributed by atoms with Crippen LogP contribution in [0.15, 0.2) is 121 Å². The Kier molecular flexibility index (Phi) is 13.2. The first kappa shape index (κ1) is 40.9. The summed E-state index contributed by atoms with van der Waals surface area (Å²) in [6.45, 7) is 8.17. The molecule has 10 heteroatoms. The Balaban J connectivity index is 0.000000163. The van der Waals surface area contributed by atoms with Crippen molar-refractivity contribution in [3.8, 4) is 11.5 Å². The van der Waals surface area contributed by atoms with Gasteiger partial charge in [0.05, 0.1) is 25.4 Å². The summed E-state index contributed by atoms with van der Waals surface area (Å²) in [5.41, 5.74) is 2.68. The summed E-state index contributed by atoms with van der Waals surface area (Å²) >= 11 is 0. The minimum absolute atomic E-state index is 0.0407. The van der Waals surface area contributed by atoms with E-state index in [0.717, 1.165) is 26.3 Å². The molecule has 8 rings (SSSR count). The fourth-order valence-electron chi connectivity index (χ4n) is 7.51. The molecule has 0 bridgehead atoms. The number of carboxylic acid groups (broad SMARTS) is 2. The molecular formula is C47H50N2O8. The lowest BCUT2D eigenvalue weighted by molar-refractivity contribution is -0.0572. The summed E-state index contributed by atoms with van der Waals surface area (Å²) in [5.74, 6) is -3.36. The summed E-state index contributed by atoms with van der Waals surface area (Å²) in [4.78, 5) is 27.9. The second kappa shape index (κ2) is 18.4. The number of fused-ring (bicyclic) bond motifs is 2. The molecule has 0 amide bonds. The number of phenols is 2. The van der Waals surface area contributed by atoms with Crippen molar-refractivity contribution in [1.29, 1.82) is 0 Å². The van der Waals surface area contributed by atoms with Crippen LogP contribution in [0.4, 0.5) is 0 Å². The number of hydrogen-bond acceptors (Lipinski definition) is 8. The van der Waals surface area contributed by atoms with E-state index in [1.54, 1.807) is 48.5 Å². The number of nitrogens with zero attached hydrogens (tertiary/aromatic N) is 2. The van der Waals surface area contributed by atoms with Gasteiger partial charge in [0.2, 0.25) is 0 Å². The third kappa shape index (κ3) is 9.27. The van der Waals surface area contributed by atoms with Crippen molar-refractivity contribution in [2.75, 3.05) is 40.4 Å². The Morgan fingerprint density at radius 1 is 0.579 bits per heavy atom. The number of ether oxygens (including phenoxy) is 2. The van der Waals surface area contributed by atoms with Crippen LogP contribution in [0.25, 0.3) is 21.5 Å². The number of carboxylic acids is 2. The highest BCUT2D eigenvalue weighted by atomic mass is 16.5. The highest BCUT2D eigenvalue weighted by Gasteiger charge is 2.28. The van der Waals surface area contributed by atoms with Crippen LogP contribution in [0.1, 0.15) is 69.0 Å². The van der Waals surface area contributed by atoms with Gasteiger partial charge in [0, 0.05) is 42.7 Å². The van der Waals surface area contributed by atoms with Crippen LogP contribution in [0, 0.1) is 0 Å². The summed E-state index contributed by atoms with van der Waals surface area (Å²) in [6, 6.07) is 38.6. The molecule has 57 heavy (non-hydrogen) atoms. The number of carbonyl (C=O) groups is 2. The molecule has 0 aliphatic carbocycles. The Hall–Kier alpha value is -5.78. The lowest BCUT2D eigenvalue weighted by atomic mass is 9.90. The van der Waals surface area contributed by atoms with Crippen LogP contribution in [0.3, 0.4) is 0 Å². The maximum Gasteiger partial charge on any atom is 0.339 e. The predicted octanol–water partition coefficient (Wildman–Crippen LogP) is 8.55. The van der Waals surface area contributed by atoms with E-state index in [9.17, 15) is 30.0 Å². The van der Waals surface area contributed by atoms with Gasteiger partial charge in [-0.05, 0) is 72.7 Å². The Bertz CT molecular complexity index is 2150. The van der Waals surface area contributed by atoms with Gasteiger partial charge in [-0.15, -0.1) is 0 Å². The van der Waals surface area contributed by atoms with E-state index in [4.69, 9.17) is 9.47 Å². The largest absolute Gasteiger partial charge is 0.507 e. The van der Waals surface area contributed by atoms with E-state index in [1.165, 1.54) is 23.3 Å². The van der Waals surface area contributed by atoms with Gasteiger partial charge in [-0.1, -0.05) is 109 Å². The lowest BCUT2D eigenvalue weighted by Gasteiger charge is -2.37. The van der Waals surface area contributed by atoms with Gasteiger partial charge >= 0.3 is 11.9 Å². The fraction of sp³-hybridized carbons (Fsp3) is 0.277. The number of morpholine rings is 2. The summed E-state index contributed by atoms with van der Waals surface area (Å²) in [7, 11) is 4.31. The molecule has 6 aromatic carbocycles. The molecule has 2 aliphatic rings. The second-order valence-corrected chi connectivity index (χ2v) is 14.6. The topological polar surface area (TPSA) is 140 Å². The second-order valence-electron chi connectivity index (χ2n) is 14.6. The lowest BCUT2D eigenvalue weighted by Crippen LogP contribution is -2.42. The zero-order valence-corrected chi connectivity index (χ0v) is 32.7. The molecular weight excluding hydrogens is 721 g/mol. The highest BCUT2D eigenvalue weighted by molar-refractivity contribution is 6.02. The molecule has 2 saturated heterocycles. The molecule has 0 aromatic heterocycles. The van der Waals surface area contributed by atoms with E-state index in [1.807, 2.05) is 12.1 Å². The van der Waals surface area contributed by atoms with Gasteiger partial charge in [-0.2, -0.15) is 0 Å². The minimum atomic E-state index is -1.28. The molecule has 6 aromatic rings. The quantitative estimate of drug-likeness (QED) is 0.130. The molecule has 2 heterocycles. The Labute approximate surface area is 333 Å². The normalized spacial score (nSPS) is 19.9. The molecule has 4 N–H and O–H groups in total. The van der Waals surface area contributed by atoms with Gasteiger partial charge in [0.25, 0.3) is 0 Å². The molecule has 296 valence electrons. The number of aromatic hydroxyl groups is 2. The third-order valence-electron chi connectivity index (χ3n) is 11.1. The van der Waals surface area contributed by atoms with Crippen molar-refractivity contribution in [3.05, 3.63) is 155 Å². The molecule has 4 atom stereocenters. The Morgan fingerprint density at radius 3 is 1.30 bits per heavy atom. The predicted molar refractivity (Wildman–Crippen MR) is 222 cm³/mol. The van der Waals surface area contributed by atoms with Gasteiger partial charge in [0.1, 0.15) is 22.6 Å². The SMILES string of the molecule is CC1C(c2ccccc2)OCCN1C.CC1C(c2ccccc2)OCCN1C.O=C(O)c1cc2ccccc2c(Cc2c(O)c(C(=O)O)cc3ccccc23)c1O. The smallest absolute Gasteiger partial charge is 0.339 e. The first-order chi connectivity index (χ1) is 27.5. The number of likely N-dealkylation sites (N-methyl/N-ethyl adjacent to an activating group) is 2. The molecule has 0 spiro atoms. The van der Waals surface area contributed by atoms with E-state index < -0.39 is 23.4 Å². The van der Waals surface area contributed by atoms with E-state index >= 15 is 0 Å². The average molecular weight is 771 g/mol. The van der Waals surface area contributed by atoms with E-state index in [-0.39, 0.29) is 29.8 Å². The molecule has 2 fully saturated rings. The number of benzene rings is 6. The number of aromatic carboxylic acids is 2. The number of rotatable bonds is 6. The van der Waals surface area contributed by atoms with Crippen molar-refractivity contribution < 1.29 is 39.5 Å². The van der Waals surface area contributed by atoms with Crippen molar-refractivity contribution in [2.24, 2.45) is 0 Å². The van der Waals surface area contributed by atoms with Crippen LogP contribution in [0.5, 0.6) is 11.5 Å². The van der Waals surface area contributed by atoms with Crippen LogP contribution < -0.4 is 0 Å². The molecule has 2 aliphatic heterocycles. The highest BCUT2D eigenvalue weighted by Crippen LogP contribution is 2.39. The first-order valence-electron chi connectivity index (χ1n) is 19.1. The van der Waals surface area contributed by atoms with Gasteiger partial charge in [0.15, 0.2) is 0 Å². The van der Waals surface area contributed by atoms with Crippen LogP contribution >= 0.6 is 0 Å². The van der Waals surface area contributed by atoms with Crippen LogP contribution in [-0.4, -0.2) is 94.6 Å². The van der Waals surface area contributed by atoms with Gasteiger partial charge in [-0.3, -0.25) is 9.80 Å². The van der Waals surface area contributed by atoms with E-state index in [2.05, 4.69) is 86.3 Å². The standard InChI is InChI=1S/C23H16O6.2C12H17NO/c24-20-16(14-7-3-1-5-12(14)9-18(20)22(26)27)11-17-15-8-4-2-6-13(15)10-19(21(17)25)23(28)29;2*1-10-12(14-9-8-13(10)2)11-6-4-3-5-7-11/h1-10,24-25H,11H2,(H,26,27)(H,28,29);2*3-7,10,12H,8-9H2,1-2H3. The fourth-order valence-corrected chi connectivity index (χ4v) is 7.51. The molecule has 10 nitrogen and oxygen atoms in total. The van der Waals surface area contributed by atoms with Crippen LogP contribution in [0.2, 0.25) is 0 Å². The van der Waals surface area contributed by atoms with E-state index in [0.29, 0.717) is 44.8 Å². The van der Waals surface area contributed by atoms with Crippen molar-refractivity contribution >= 4 is 33.5 Å². The van der Waals surface area contributed by atoms with Crippen LogP contribution in [-0.2, 0) is 15.9 Å².